The van der Waals surface area contributed by atoms with Crippen LogP contribution in [0, 0.1) is 5.41 Å². The van der Waals surface area contributed by atoms with E-state index < -0.39 is 5.97 Å². The highest BCUT2D eigenvalue weighted by atomic mass is 16.4. The summed E-state index contributed by atoms with van der Waals surface area (Å²) < 4.78 is 0. The lowest BCUT2D eigenvalue weighted by Crippen LogP contribution is -2.56. The summed E-state index contributed by atoms with van der Waals surface area (Å²) in [6, 6.07) is 8.25. The zero-order valence-electron chi connectivity index (χ0n) is 25.9. The van der Waals surface area contributed by atoms with Crippen molar-refractivity contribution in [3.63, 3.8) is 0 Å². The molecule has 2 amide bonds. The Bertz CT molecular complexity index is 875. The van der Waals surface area contributed by atoms with Gasteiger partial charge in [0.1, 0.15) is 0 Å². The Kier molecular flexibility index (Phi) is 18.3. The van der Waals surface area contributed by atoms with Crippen molar-refractivity contribution in [2.45, 2.75) is 92.8 Å². The van der Waals surface area contributed by atoms with Gasteiger partial charge in [0.25, 0.3) is 0 Å². The Morgan fingerprint density at radius 3 is 2.08 bits per heavy atom. The first-order valence-electron chi connectivity index (χ1n) is 13.3. The summed E-state index contributed by atoms with van der Waals surface area (Å²) >= 11 is 0. The number of amides is 2. The van der Waals surface area contributed by atoms with Gasteiger partial charge in [-0.05, 0) is 44.5 Å². The minimum Gasteiger partial charge on any atom is -0.478 e. The third-order valence-electron chi connectivity index (χ3n) is 6.18. The Morgan fingerprint density at radius 1 is 1.11 bits per heavy atom. The number of hydrogen-bond donors (Lipinski definition) is 4. The number of carboxylic acid groups (broad SMARTS) is 1. The fourth-order valence-corrected chi connectivity index (χ4v) is 3.20. The molecule has 4 N–H and O–H groups in total. The fourth-order valence-electron chi connectivity index (χ4n) is 3.20. The molecule has 8 nitrogen and oxygen atoms in total. The molecular formula is C30H54N4O4. The van der Waals surface area contributed by atoms with Crippen molar-refractivity contribution in [3.05, 3.63) is 47.0 Å². The highest BCUT2D eigenvalue weighted by Gasteiger charge is 2.37. The smallest absolute Gasteiger partial charge is 0.331 e. The second kappa shape index (κ2) is 18.5. The molecule has 1 aromatic carbocycles. The normalized spacial score (nSPS) is 13.1. The number of carbonyl (C=O) groups excluding carboxylic acids is 2. The first kappa shape index (κ1) is 37.4. The van der Waals surface area contributed by atoms with E-state index in [1.165, 1.54) is 29.9 Å². The molecule has 0 radical (unpaired) electrons. The van der Waals surface area contributed by atoms with E-state index in [0.29, 0.717) is 13.0 Å². The van der Waals surface area contributed by atoms with E-state index in [9.17, 15) is 14.4 Å². The maximum absolute atomic E-state index is 12.9. The van der Waals surface area contributed by atoms with Crippen LogP contribution in [0.5, 0.6) is 0 Å². The van der Waals surface area contributed by atoms with Crippen LogP contribution in [-0.2, 0) is 26.3 Å². The van der Waals surface area contributed by atoms with Crippen molar-refractivity contribution >= 4 is 18.3 Å². The van der Waals surface area contributed by atoms with Crippen molar-refractivity contribution in [1.29, 1.82) is 0 Å². The standard InChI is InChI=1S/C20H35N3O.C7H11NO3.C3H8/c1-14(19(2,3)4)23-18(24)17(22-8)20(5,6)16-11-9-10-15(12-16)13-21-7;1-6(7(10)11)3-4-8(2)5-9;1-3-2/h9-12,14,17,21-22H,13H2,1-8H3,(H,23,24);3,5H,4H2,1-2H3,(H,10,11);3H2,1-2H3/b;6-3+;. The molecule has 0 aliphatic carbocycles. The zero-order valence-corrected chi connectivity index (χ0v) is 25.9. The zero-order chi connectivity index (χ0) is 30.1. The summed E-state index contributed by atoms with van der Waals surface area (Å²) in [4.78, 5) is 34.5. The van der Waals surface area contributed by atoms with Crippen LogP contribution in [0.1, 0.15) is 79.9 Å². The highest BCUT2D eigenvalue weighted by Crippen LogP contribution is 2.29. The number of carbonyl (C=O) groups is 3. The minimum absolute atomic E-state index is 0.0325. The number of aliphatic carboxylic acids is 1. The molecule has 1 aromatic rings. The van der Waals surface area contributed by atoms with Gasteiger partial charge in [-0.25, -0.2) is 4.79 Å². The molecular weight excluding hydrogens is 480 g/mol. The Labute approximate surface area is 231 Å². The van der Waals surface area contributed by atoms with Crippen molar-refractivity contribution in [3.8, 4) is 0 Å². The van der Waals surface area contributed by atoms with E-state index in [0.717, 1.165) is 12.1 Å². The van der Waals surface area contributed by atoms with Crippen LogP contribution in [0.4, 0.5) is 0 Å². The van der Waals surface area contributed by atoms with Crippen molar-refractivity contribution in [1.82, 2.24) is 20.9 Å². The summed E-state index contributed by atoms with van der Waals surface area (Å²) in [7, 11) is 5.37. The molecule has 38 heavy (non-hydrogen) atoms. The van der Waals surface area contributed by atoms with Gasteiger partial charge in [0, 0.05) is 37.2 Å². The molecule has 0 bridgehead atoms. The van der Waals surface area contributed by atoms with E-state index in [1.807, 2.05) is 14.1 Å². The molecule has 2 unspecified atom stereocenters. The molecule has 0 heterocycles. The monoisotopic (exact) mass is 534 g/mol. The van der Waals surface area contributed by atoms with Crippen molar-refractivity contribution in [2.75, 3.05) is 27.7 Å². The predicted octanol–water partition coefficient (Wildman–Crippen LogP) is 4.34. The summed E-state index contributed by atoms with van der Waals surface area (Å²) in [5, 5.41) is 18.0. The Hall–Kier alpha value is -2.71. The summed E-state index contributed by atoms with van der Waals surface area (Å²) in [6.45, 7) is 19.6. The second-order valence-corrected chi connectivity index (χ2v) is 11.2. The molecule has 1 rings (SSSR count). The van der Waals surface area contributed by atoms with Gasteiger partial charge >= 0.3 is 5.97 Å². The van der Waals surface area contributed by atoms with Gasteiger partial charge in [-0.1, -0.05) is 85.2 Å². The van der Waals surface area contributed by atoms with Gasteiger partial charge in [0.15, 0.2) is 0 Å². The molecule has 2 atom stereocenters. The first-order valence-corrected chi connectivity index (χ1v) is 13.3. The van der Waals surface area contributed by atoms with Gasteiger partial charge in [-0.2, -0.15) is 0 Å². The Morgan fingerprint density at radius 2 is 1.66 bits per heavy atom. The molecule has 0 fully saturated rings. The van der Waals surface area contributed by atoms with E-state index in [-0.39, 0.29) is 34.4 Å². The maximum atomic E-state index is 12.9. The molecule has 0 aliphatic heterocycles. The van der Waals surface area contributed by atoms with Crippen LogP contribution in [0.2, 0.25) is 0 Å². The molecule has 0 aromatic heterocycles. The van der Waals surface area contributed by atoms with Crippen molar-refractivity contribution in [2.24, 2.45) is 5.41 Å². The summed E-state index contributed by atoms with van der Waals surface area (Å²) in [6.07, 6.45) is 3.38. The van der Waals surface area contributed by atoms with E-state index >= 15 is 0 Å². The average Bonchev–Trinajstić information content (AvgIpc) is 2.83. The molecule has 0 aliphatic rings. The van der Waals surface area contributed by atoms with Crippen molar-refractivity contribution < 1.29 is 19.5 Å². The van der Waals surface area contributed by atoms with E-state index in [2.05, 4.69) is 95.6 Å². The van der Waals surface area contributed by atoms with Crippen LogP contribution in [0.25, 0.3) is 0 Å². The number of nitrogens with one attached hydrogen (secondary N) is 3. The Balaban J connectivity index is 0. The largest absolute Gasteiger partial charge is 0.478 e. The van der Waals surface area contributed by atoms with Gasteiger partial charge in [-0.3, -0.25) is 9.59 Å². The number of rotatable bonds is 11. The van der Waals surface area contributed by atoms with Crippen LogP contribution in [0.3, 0.4) is 0 Å². The minimum atomic E-state index is -0.954. The highest BCUT2D eigenvalue weighted by molar-refractivity contribution is 5.85. The molecule has 218 valence electrons. The van der Waals surface area contributed by atoms with Crippen LogP contribution in [0.15, 0.2) is 35.9 Å². The molecule has 0 spiro atoms. The number of hydrogen-bond acceptors (Lipinski definition) is 5. The molecule has 0 saturated heterocycles. The lowest BCUT2D eigenvalue weighted by molar-refractivity contribution is -0.132. The third kappa shape index (κ3) is 14.3. The lowest BCUT2D eigenvalue weighted by Gasteiger charge is -2.36. The maximum Gasteiger partial charge on any atom is 0.331 e. The summed E-state index contributed by atoms with van der Waals surface area (Å²) in [5.41, 5.74) is 2.35. The van der Waals surface area contributed by atoms with Gasteiger partial charge in [-0.15, -0.1) is 0 Å². The van der Waals surface area contributed by atoms with Gasteiger partial charge < -0.3 is 26.0 Å². The summed E-state index contributed by atoms with van der Waals surface area (Å²) in [5.74, 6) is -0.909. The van der Waals surface area contributed by atoms with Crippen LogP contribution in [-0.4, -0.2) is 68.1 Å². The second-order valence-electron chi connectivity index (χ2n) is 11.2. The number of nitrogens with zero attached hydrogens (tertiary/aromatic N) is 1. The van der Waals surface area contributed by atoms with Crippen LogP contribution < -0.4 is 16.0 Å². The van der Waals surface area contributed by atoms with Gasteiger partial charge in [0.05, 0.1) is 6.04 Å². The van der Waals surface area contributed by atoms with E-state index in [4.69, 9.17) is 5.11 Å². The number of carboxylic acids is 1. The number of likely N-dealkylation sites (N-methyl/N-ethyl adjacent to an activating group) is 2. The van der Waals surface area contributed by atoms with Crippen LogP contribution >= 0.6 is 0 Å². The quantitative estimate of drug-likeness (QED) is 0.248. The lowest BCUT2D eigenvalue weighted by atomic mass is 9.76. The topological polar surface area (TPSA) is 111 Å². The molecule has 8 heteroatoms. The SMILES string of the molecule is C/C(=C\CN(C)C=O)C(=O)O.CCC.CNCc1cccc(C(C)(C)C(NC)C(=O)NC(C)C(C)(C)C)c1. The fraction of sp³-hybridized carbons (Fsp3) is 0.633. The number of benzene rings is 1. The van der Waals surface area contributed by atoms with Gasteiger partial charge in [0.2, 0.25) is 12.3 Å². The first-order chi connectivity index (χ1) is 17.5. The predicted molar refractivity (Wildman–Crippen MR) is 158 cm³/mol. The molecule has 0 saturated carbocycles. The van der Waals surface area contributed by atoms with E-state index in [1.54, 1.807) is 7.05 Å². The average molecular weight is 535 g/mol. The third-order valence-corrected chi connectivity index (χ3v) is 6.18.